The van der Waals surface area contributed by atoms with E-state index in [4.69, 9.17) is 0 Å². The van der Waals surface area contributed by atoms with Crippen LogP contribution >= 0.6 is 0 Å². The third-order valence-corrected chi connectivity index (χ3v) is 5.67. The van der Waals surface area contributed by atoms with Crippen LogP contribution in [0.2, 0.25) is 0 Å². The number of carbonyl (C=O) groups is 1. The van der Waals surface area contributed by atoms with Gasteiger partial charge in [-0.05, 0) is 66.3 Å². The molecule has 0 radical (unpaired) electrons. The lowest BCUT2D eigenvalue weighted by molar-refractivity contribution is 0.0955. The third-order valence-electron chi connectivity index (χ3n) is 5.67. The number of H-pyrrole nitrogens is 1. The summed E-state index contributed by atoms with van der Waals surface area (Å²) in [6.07, 6.45) is 6.02. The van der Waals surface area contributed by atoms with Crippen LogP contribution in [0, 0.1) is 0 Å². The lowest BCUT2D eigenvalue weighted by Crippen LogP contribution is -2.17. The van der Waals surface area contributed by atoms with E-state index in [9.17, 15) is 9.90 Å². The number of aromatic amines is 1. The molecule has 29 heavy (non-hydrogen) atoms. The molecule has 0 fully saturated rings. The van der Waals surface area contributed by atoms with Gasteiger partial charge in [0, 0.05) is 27.7 Å². The van der Waals surface area contributed by atoms with Gasteiger partial charge in [0.2, 0.25) is 0 Å². The van der Waals surface area contributed by atoms with Crippen LogP contribution in [0.3, 0.4) is 0 Å². The molecule has 0 atom stereocenters. The molecule has 5 nitrogen and oxygen atoms in total. The summed E-state index contributed by atoms with van der Waals surface area (Å²) in [5.74, 6) is -0.143. The number of carbonyl (C=O) groups excluding carboxylic acids is 1. The number of aromatic nitrogens is 1. The van der Waals surface area contributed by atoms with Crippen molar-refractivity contribution < 1.29 is 9.90 Å². The highest BCUT2D eigenvalue weighted by molar-refractivity contribution is 6.03. The highest BCUT2D eigenvalue weighted by atomic mass is 16.3. The van der Waals surface area contributed by atoms with Gasteiger partial charge in [0.05, 0.1) is 6.21 Å². The van der Waals surface area contributed by atoms with Gasteiger partial charge in [-0.2, -0.15) is 5.10 Å². The average molecular weight is 383 g/mol. The molecule has 1 aliphatic rings. The monoisotopic (exact) mass is 383 g/mol. The molecule has 1 aliphatic carbocycles. The molecule has 1 amide bonds. The molecular formula is C24H21N3O2. The van der Waals surface area contributed by atoms with Crippen molar-refractivity contribution in [3.05, 3.63) is 77.0 Å². The van der Waals surface area contributed by atoms with Crippen molar-refractivity contribution in [1.29, 1.82) is 0 Å². The van der Waals surface area contributed by atoms with Crippen molar-refractivity contribution in [3.8, 4) is 5.75 Å². The van der Waals surface area contributed by atoms with Crippen LogP contribution in [0.4, 0.5) is 0 Å². The fourth-order valence-electron chi connectivity index (χ4n) is 4.19. The number of aromatic hydroxyl groups is 1. The van der Waals surface area contributed by atoms with Crippen molar-refractivity contribution in [1.82, 2.24) is 10.4 Å². The molecule has 3 aromatic carbocycles. The Labute approximate surface area is 168 Å². The van der Waals surface area contributed by atoms with Crippen molar-refractivity contribution in [2.75, 3.05) is 0 Å². The minimum Gasteiger partial charge on any atom is -0.507 e. The Hall–Kier alpha value is -3.60. The molecule has 0 bridgehead atoms. The van der Waals surface area contributed by atoms with Crippen molar-refractivity contribution in [2.45, 2.75) is 25.7 Å². The van der Waals surface area contributed by atoms with Gasteiger partial charge < -0.3 is 10.1 Å². The number of hydrogen-bond acceptors (Lipinski definition) is 3. The molecule has 0 saturated heterocycles. The summed E-state index contributed by atoms with van der Waals surface area (Å²) in [7, 11) is 0. The molecule has 144 valence electrons. The van der Waals surface area contributed by atoms with E-state index in [1.165, 1.54) is 30.3 Å². The predicted molar refractivity (Wildman–Crippen MR) is 116 cm³/mol. The molecule has 5 rings (SSSR count). The van der Waals surface area contributed by atoms with E-state index < -0.39 is 0 Å². The SMILES string of the molecule is O=C(N/N=C\c1c(O)ccc2ccccc12)c1ccc2[nH]c3c(c2c1)CCCC3. The minimum atomic E-state index is -0.270. The second-order valence-electron chi connectivity index (χ2n) is 7.47. The number of hydrogen-bond donors (Lipinski definition) is 3. The lowest BCUT2D eigenvalue weighted by atomic mass is 9.95. The number of phenols is 1. The normalized spacial score (nSPS) is 13.8. The van der Waals surface area contributed by atoms with Gasteiger partial charge in [-0.15, -0.1) is 0 Å². The van der Waals surface area contributed by atoms with Gasteiger partial charge >= 0.3 is 0 Å². The van der Waals surface area contributed by atoms with Crippen LogP contribution in [0.25, 0.3) is 21.7 Å². The number of rotatable bonds is 3. The lowest BCUT2D eigenvalue weighted by Gasteiger charge is -2.10. The van der Waals surface area contributed by atoms with Gasteiger partial charge in [0.15, 0.2) is 0 Å². The molecule has 3 N–H and O–H groups in total. The summed E-state index contributed by atoms with van der Waals surface area (Å²) in [4.78, 5) is 16.1. The van der Waals surface area contributed by atoms with Gasteiger partial charge in [-0.1, -0.05) is 30.3 Å². The van der Waals surface area contributed by atoms with Gasteiger partial charge in [0.25, 0.3) is 5.91 Å². The Balaban J connectivity index is 1.40. The van der Waals surface area contributed by atoms with E-state index in [2.05, 4.69) is 15.5 Å². The number of amides is 1. The highest BCUT2D eigenvalue weighted by Gasteiger charge is 2.16. The van der Waals surface area contributed by atoms with E-state index in [1.807, 2.05) is 48.5 Å². The number of benzene rings is 3. The van der Waals surface area contributed by atoms with Crippen LogP contribution < -0.4 is 5.43 Å². The Kier molecular flexibility index (Phi) is 4.28. The Morgan fingerprint density at radius 1 is 1.03 bits per heavy atom. The number of fused-ring (bicyclic) bond motifs is 4. The molecule has 4 aromatic rings. The molecule has 0 saturated carbocycles. The third kappa shape index (κ3) is 3.14. The van der Waals surface area contributed by atoms with Crippen LogP contribution in [0.15, 0.2) is 59.7 Å². The molecule has 0 aliphatic heterocycles. The highest BCUT2D eigenvalue weighted by Crippen LogP contribution is 2.30. The fraction of sp³-hybridized carbons (Fsp3) is 0.167. The first-order valence-corrected chi connectivity index (χ1v) is 9.88. The Bertz CT molecular complexity index is 1270. The van der Waals surface area contributed by atoms with Gasteiger partial charge in [-0.25, -0.2) is 5.43 Å². The predicted octanol–water partition coefficient (Wildman–Crippen LogP) is 4.67. The number of nitrogens with zero attached hydrogens (tertiary/aromatic N) is 1. The maximum atomic E-state index is 12.6. The quantitative estimate of drug-likeness (QED) is 0.355. The van der Waals surface area contributed by atoms with Crippen molar-refractivity contribution >= 4 is 33.8 Å². The molecule has 1 heterocycles. The summed E-state index contributed by atoms with van der Waals surface area (Å²) in [6.45, 7) is 0. The standard InChI is InChI=1S/C24H21N3O2/c28-23-12-10-15-5-1-2-6-17(15)20(23)14-25-27-24(29)16-9-11-22-19(13-16)18-7-3-4-8-21(18)26-22/h1-2,5-6,9-14,26,28H,3-4,7-8H2,(H,27,29)/b25-14-. The molecule has 5 heteroatoms. The van der Waals surface area contributed by atoms with Crippen LogP contribution in [0.5, 0.6) is 5.75 Å². The van der Waals surface area contributed by atoms with Crippen molar-refractivity contribution in [3.63, 3.8) is 0 Å². The number of aryl methyl sites for hydroxylation is 2. The van der Waals surface area contributed by atoms with Crippen LogP contribution in [-0.2, 0) is 12.8 Å². The molecule has 1 aromatic heterocycles. The van der Waals surface area contributed by atoms with E-state index >= 15 is 0 Å². The summed E-state index contributed by atoms with van der Waals surface area (Å²) in [6, 6.07) is 16.9. The first-order chi connectivity index (χ1) is 14.2. The minimum absolute atomic E-state index is 0.127. The average Bonchev–Trinajstić information content (AvgIpc) is 3.13. The summed E-state index contributed by atoms with van der Waals surface area (Å²) in [5.41, 5.74) is 7.46. The Morgan fingerprint density at radius 3 is 2.83 bits per heavy atom. The number of hydrazone groups is 1. The van der Waals surface area contributed by atoms with Crippen molar-refractivity contribution in [2.24, 2.45) is 5.10 Å². The smallest absolute Gasteiger partial charge is 0.271 e. The largest absolute Gasteiger partial charge is 0.507 e. The van der Waals surface area contributed by atoms with Gasteiger partial charge in [0.1, 0.15) is 5.75 Å². The topological polar surface area (TPSA) is 77.5 Å². The second-order valence-corrected chi connectivity index (χ2v) is 7.47. The van der Waals surface area contributed by atoms with E-state index in [0.717, 1.165) is 34.5 Å². The van der Waals surface area contributed by atoms with E-state index in [0.29, 0.717) is 11.1 Å². The van der Waals surface area contributed by atoms with E-state index in [1.54, 1.807) is 6.07 Å². The van der Waals surface area contributed by atoms with Crippen LogP contribution in [-0.4, -0.2) is 22.2 Å². The maximum absolute atomic E-state index is 12.6. The zero-order valence-corrected chi connectivity index (χ0v) is 15.9. The number of phenolic OH excluding ortho intramolecular Hbond substituents is 1. The van der Waals surface area contributed by atoms with Gasteiger partial charge in [-0.3, -0.25) is 4.79 Å². The number of nitrogens with one attached hydrogen (secondary N) is 2. The maximum Gasteiger partial charge on any atom is 0.271 e. The van der Waals surface area contributed by atoms with Crippen LogP contribution in [0.1, 0.15) is 40.0 Å². The summed E-state index contributed by atoms with van der Waals surface area (Å²) < 4.78 is 0. The fourth-order valence-corrected chi connectivity index (χ4v) is 4.19. The molecular weight excluding hydrogens is 362 g/mol. The first-order valence-electron chi connectivity index (χ1n) is 9.88. The zero-order valence-electron chi connectivity index (χ0n) is 15.9. The molecule has 0 spiro atoms. The summed E-state index contributed by atoms with van der Waals surface area (Å²) in [5, 5.41) is 17.3. The summed E-state index contributed by atoms with van der Waals surface area (Å²) >= 11 is 0. The van der Waals surface area contributed by atoms with E-state index in [-0.39, 0.29) is 11.7 Å². The molecule has 0 unspecified atom stereocenters. The second kappa shape index (κ2) is 7.09. The first kappa shape index (κ1) is 17.5. The Morgan fingerprint density at radius 2 is 1.90 bits per heavy atom. The zero-order chi connectivity index (χ0) is 19.8.